The van der Waals surface area contributed by atoms with Crippen molar-refractivity contribution in [1.29, 1.82) is 0 Å². The van der Waals surface area contributed by atoms with E-state index in [9.17, 15) is 0 Å². The monoisotopic (exact) mass is 337 g/mol. The van der Waals surface area contributed by atoms with Gasteiger partial charge in [-0.2, -0.15) is 0 Å². The predicted octanol–water partition coefficient (Wildman–Crippen LogP) is 4.42. The van der Waals surface area contributed by atoms with Crippen LogP contribution in [-0.2, 0) is 11.3 Å². The number of nitrogens with one attached hydrogen (secondary N) is 1. The van der Waals surface area contributed by atoms with E-state index in [2.05, 4.69) is 45.5 Å². The third-order valence-corrected chi connectivity index (χ3v) is 5.04. The minimum absolute atomic E-state index is 0.0773. The summed E-state index contributed by atoms with van der Waals surface area (Å²) in [5.41, 5.74) is 1.35. The van der Waals surface area contributed by atoms with Gasteiger partial charge in [-0.25, -0.2) is 0 Å². The smallest absolute Gasteiger partial charge is 0.0810 e. The van der Waals surface area contributed by atoms with Crippen LogP contribution in [0.4, 0.5) is 0 Å². The van der Waals surface area contributed by atoms with E-state index in [1.807, 2.05) is 0 Å². The molecule has 3 heteroatoms. The van der Waals surface area contributed by atoms with Crippen molar-refractivity contribution in [3.8, 4) is 0 Å². The van der Waals surface area contributed by atoms with Crippen molar-refractivity contribution in [2.45, 2.75) is 63.2 Å². The molecule has 2 nitrogen and oxygen atoms in total. The molecule has 0 amide bonds. The third kappa shape index (κ3) is 4.06. The second kappa shape index (κ2) is 6.59. The lowest BCUT2D eigenvalue weighted by atomic mass is 9.84. The SMILES string of the molecule is Brc1ccc(COC2(CNC3CC3)CCCCC2)cc1. The van der Waals surface area contributed by atoms with Crippen LogP contribution in [0.2, 0.25) is 0 Å². The second-order valence-corrected chi connectivity index (χ2v) is 7.23. The maximum Gasteiger partial charge on any atom is 0.0810 e. The van der Waals surface area contributed by atoms with Crippen molar-refractivity contribution in [3.63, 3.8) is 0 Å². The first-order valence-corrected chi connectivity index (χ1v) is 8.67. The number of benzene rings is 1. The highest BCUT2D eigenvalue weighted by atomic mass is 79.9. The van der Waals surface area contributed by atoms with E-state index in [0.29, 0.717) is 0 Å². The van der Waals surface area contributed by atoms with Gasteiger partial charge in [0.25, 0.3) is 0 Å². The first kappa shape index (κ1) is 14.6. The molecule has 1 N–H and O–H groups in total. The molecule has 2 fully saturated rings. The second-order valence-electron chi connectivity index (χ2n) is 6.31. The molecule has 0 aliphatic heterocycles. The molecule has 20 heavy (non-hydrogen) atoms. The Morgan fingerprint density at radius 1 is 1.10 bits per heavy atom. The van der Waals surface area contributed by atoms with Crippen molar-refractivity contribution >= 4 is 15.9 Å². The van der Waals surface area contributed by atoms with E-state index in [-0.39, 0.29) is 5.60 Å². The molecule has 0 saturated heterocycles. The van der Waals surface area contributed by atoms with Crippen LogP contribution < -0.4 is 5.32 Å². The number of halogens is 1. The van der Waals surface area contributed by atoms with Crippen molar-refractivity contribution in [3.05, 3.63) is 34.3 Å². The molecule has 110 valence electrons. The zero-order chi connectivity index (χ0) is 13.8. The van der Waals surface area contributed by atoms with Crippen LogP contribution in [-0.4, -0.2) is 18.2 Å². The predicted molar refractivity (Wildman–Crippen MR) is 85.8 cm³/mol. The van der Waals surface area contributed by atoms with Gasteiger partial charge in [0, 0.05) is 17.1 Å². The molecule has 0 atom stereocenters. The molecule has 0 radical (unpaired) electrons. The molecule has 2 aliphatic carbocycles. The standard InChI is InChI=1S/C17H24BrNO/c18-15-6-4-14(5-7-15)12-20-17(10-2-1-3-11-17)13-19-16-8-9-16/h4-7,16,19H,1-3,8-13H2. The van der Waals surface area contributed by atoms with E-state index in [1.54, 1.807) is 0 Å². The van der Waals surface area contributed by atoms with Gasteiger partial charge in [0.15, 0.2) is 0 Å². The van der Waals surface area contributed by atoms with Crippen LogP contribution >= 0.6 is 15.9 Å². The lowest BCUT2D eigenvalue weighted by molar-refractivity contribution is -0.0787. The molecular weight excluding hydrogens is 314 g/mol. The molecule has 0 unspecified atom stereocenters. The maximum atomic E-state index is 6.40. The lowest BCUT2D eigenvalue weighted by Gasteiger charge is -2.37. The van der Waals surface area contributed by atoms with Gasteiger partial charge in [-0.1, -0.05) is 47.3 Å². The Kier molecular flexibility index (Phi) is 4.79. The van der Waals surface area contributed by atoms with Gasteiger partial charge in [-0.05, 0) is 43.4 Å². The first-order chi connectivity index (χ1) is 9.76. The van der Waals surface area contributed by atoms with Crippen LogP contribution in [0, 0.1) is 0 Å². The average molecular weight is 338 g/mol. The summed E-state index contributed by atoms with van der Waals surface area (Å²) in [4.78, 5) is 0. The Morgan fingerprint density at radius 3 is 2.45 bits per heavy atom. The quantitative estimate of drug-likeness (QED) is 0.829. The molecule has 1 aromatic carbocycles. The van der Waals surface area contributed by atoms with Gasteiger partial charge < -0.3 is 10.1 Å². The van der Waals surface area contributed by atoms with E-state index < -0.39 is 0 Å². The number of hydrogen-bond acceptors (Lipinski definition) is 2. The highest BCUT2D eigenvalue weighted by Gasteiger charge is 2.34. The zero-order valence-corrected chi connectivity index (χ0v) is 13.6. The summed E-state index contributed by atoms with van der Waals surface area (Å²) < 4.78 is 7.53. The number of ether oxygens (including phenoxy) is 1. The number of rotatable bonds is 6. The highest BCUT2D eigenvalue weighted by Crippen LogP contribution is 2.33. The topological polar surface area (TPSA) is 21.3 Å². The Bertz CT molecular complexity index is 421. The van der Waals surface area contributed by atoms with Crippen molar-refractivity contribution < 1.29 is 4.74 Å². The summed E-state index contributed by atoms with van der Waals surface area (Å²) in [6.45, 7) is 1.77. The Labute approximate surface area is 130 Å². The third-order valence-electron chi connectivity index (χ3n) is 4.51. The van der Waals surface area contributed by atoms with E-state index >= 15 is 0 Å². The molecular formula is C17H24BrNO. The maximum absolute atomic E-state index is 6.40. The molecule has 2 saturated carbocycles. The van der Waals surface area contributed by atoms with Gasteiger partial charge >= 0.3 is 0 Å². The summed E-state index contributed by atoms with van der Waals surface area (Å²) in [6.07, 6.45) is 9.12. The molecule has 0 heterocycles. The zero-order valence-electron chi connectivity index (χ0n) is 12.0. The normalized spacial score (nSPS) is 21.9. The van der Waals surface area contributed by atoms with Crippen LogP contribution in [0.5, 0.6) is 0 Å². The van der Waals surface area contributed by atoms with Gasteiger partial charge in [-0.15, -0.1) is 0 Å². The minimum Gasteiger partial charge on any atom is -0.369 e. The van der Waals surface area contributed by atoms with Crippen molar-refractivity contribution in [2.75, 3.05) is 6.54 Å². The number of hydrogen-bond donors (Lipinski definition) is 1. The molecule has 0 aromatic heterocycles. The lowest BCUT2D eigenvalue weighted by Crippen LogP contribution is -2.45. The molecule has 3 rings (SSSR count). The summed E-state index contributed by atoms with van der Waals surface area (Å²) >= 11 is 3.48. The molecule has 0 spiro atoms. The Morgan fingerprint density at radius 2 is 1.80 bits per heavy atom. The summed E-state index contributed by atoms with van der Waals surface area (Å²) in [7, 11) is 0. The molecule has 2 aliphatic rings. The van der Waals surface area contributed by atoms with Gasteiger partial charge in [-0.3, -0.25) is 0 Å². The van der Waals surface area contributed by atoms with Crippen molar-refractivity contribution in [1.82, 2.24) is 5.32 Å². The van der Waals surface area contributed by atoms with E-state index in [0.717, 1.165) is 23.7 Å². The van der Waals surface area contributed by atoms with Crippen molar-refractivity contribution in [2.24, 2.45) is 0 Å². The Hall–Kier alpha value is -0.380. The summed E-state index contributed by atoms with van der Waals surface area (Å²) in [5.74, 6) is 0. The van der Waals surface area contributed by atoms with E-state index in [4.69, 9.17) is 4.74 Å². The van der Waals surface area contributed by atoms with Gasteiger partial charge in [0.1, 0.15) is 0 Å². The fourth-order valence-electron chi connectivity index (χ4n) is 3.00. The first-order valence-electron chi connectivity index (χ1n) is 7.88. The summed E-state index contributed by atoms with van der Waals surface area (Å²) in [5, 5.41) is 3.68. The van der Waals surface area contributed by atoms with Crippen LogP contribution in [0.1, 0.15) is 50.5 Å². The summed E-state index contributed by atoms with van der Waals surface area (Å²) in [6, 6.07) is 9.25. The van der Waals surface area contributed by atoms with Crippen LogP contribution in [0.3, 0.4) is 0 Å². The van der Waals surface area contributed by atoms with Crippen LogP contribution in [0.25, 0.3) is 0 Å². The Balaban J connectivity index is 1.58. The van der Waals surface area contributed by atoms with Gasteiger partial charge in [0.2, 0.25) is 0 Å². The largest absolute Gasteiger partial charge is 0.369 e. The molecule has 1 aromatic rings. The average Bonchev–Trinajstić information content (AvgIpc) is 3.30. The van der Waals surface area contributed by atoms with Gasteiger partial charge in [0.05, 0.1) is 12.2 Å². The fraction of sp³-hybridized carbons (Fsp3) is 0.647. The minimum atomic E-state index is 0.0773. The molecule has 0 bridgehead atoms. The fourth-order valence-corrected chi connectivity index (χ4v) is 3.27. The van der Waals surface area contributed by atoms with E-state index in [1.165, 1.54) is 50.5 Å². The highest BCUT2D eigenvalue weighted by molar-refractivity contribution is 9.10. The van der Waals surface area contributed by atoms with Crippen LogP contribution in [0.15, 0.2) is 28.7 Å².